The van der Waals surface area contributed by atoms with E-state index < -0.39 is 0 Å². The molecule has 1 aliphatic carbocycles. The molecule has 14 heavy (non-hydrogen) atoms. The van der Waals surface area contributed by atoms with E-state index in [1.165, 1.54) is 38.8 Å². The number of piperazine rings is 1. The van der Waals surface area contributed by atoms with Gasteiger partial charge in [-0.25, -0.2) is 0 Å². The first-order valence-corrected chi connectivity index (χ1v) is 6.09. The maximum absolute atomic E-state index is 3.74. The third kappa shape index (κ3) is 1.70. The van der Waals surface area contributed by atoms with Crippen LogP contribution in [0.3, 0.4) is 0 Å². The average molecular weight is 196 g/mol. The molecule has 0 aromatic heterocycles. The Morgan fingerprint density at radius 1 is 1.29 bits per heavy atom. The second kappa shape index (κ2) is 3.82. The lowest BCUT2D eigenvalue weighted by Crippen LogP contribution is -2.63. The highest BCUT2D eigenvalue weighted by atomic mass is 15.3. The monoisotopic (exact) mass is 196 g/mol. The zero-order chi connectivity index (χ0) is 10.2. The van der Waals surface area contributed by atoms with Crippen LogP contribution in [0.25, 0.3) is 0 Å². The summed E-state index contributed by atoms with van der Waals surface area (Å²) >= 11 is 0. The lowest BCUT2D eigenvalue weighted by atomic mass is 9.89. The van der Waals surface area contributed by atoms with Crippen LogP contribution in [0.5, 0.6) is 0 Å². The quantitative estimate of drug-likeness (QED) is 0.688. The van der Waals surface area contributed by atoms with Crippen molar-refractivity contribution >= 4 is 0 Å². The minimum atomic E-state index is 0.519. The molecule has 2 nitrogen and oxygen atoms in total. The van der Waals surface area contributed by atoms with Gasteiger partial charge in [0.15, 0.2) is 0 Å². The Balaban J connectivity index is 1.99. The zero-order valence-corrected chi connectivity index (χ0v) is 9.84. The first kappa shape index (κ1) is 10.4. The third-order valence-corrected chi connectivity index (χ3v) is 4.31. The van der Waals surface area contributed by atoms with Gasteiger partial charge in [-0.05, 0) is 25.8 Å². The minimum absolute atomic E-state index is 0.519. The SMILES string of the molecule is CC(C)C1CN(C)C2(CCCC2)CN1. The first-order chi connectivity index (χ1) is 6.64. The van der Waals surface area contributed by atoms with Gasteiger partial charge in [-0.2, -0.15) is 0 Å². The van der Waals surface area contributed by atoms with Crippen LogP contribution in [0.4, 0.5) is 0 Å². The number of likely N-dealkylation sites (N-methyl/N-ethyl adjacent to an activating group) is 1. The van der Waals surface area contributed by atoms with Crippen LogP contribution in [-0.2, 0) is 0 Å². The molecule has 2 heteroatoms. The molecule has 0 radical (unpaired) electrons. The molecular formula is C12H24N2. The standard InChI is InChI=1S/C12H24N2/c1-10(2)11-8-14(3)12(9-13-11)6-4-5-7-12/h10-11,13H,4-9H2,1-3H3. The molecule has 0 aromatic carbocycles. The molecule has 1 N–H and O–H groups in total. The van der Waals surface area contributed by atoms with Crippen molar-refractivity contribution in [3.05, 3.63) is 0 Å². The third-order valence-electron chi connectivity index (χ3n) is 4.31. The van der Waals surface area contributed by atoms with E-state index in [2.05, 4.69) is 31.1 Å². The Morgan fingerprint density at radius 3 is 2.43 bits per heavy atom. The van der Waals surface area contributed by atoms with Crippen molar-refractivity contribution < 1.29 is 0 Å². The van der Waals surface area contributed by atoms with Crippen LogP contribution in [-0.4, -0.2) is 36.6 Å². The minimum Gasteiger partial charge on any atom is -0.311 e. The summed E-state index contributed by atoms with van der Waals surface area (Å²) in [7, 11) is 2.32. The fourth-order valence-electron chi connectivity index (χ4n) is 3.05. The van der Waals surface area contributed by atoms with Gasteiger partial charge in [-0.15, -0.1) is 0 Å². The van der Waals surface area contributed by atoms with E-state index in [9.17, 15) is 0 Å². The zero-order valence-electron chi connectivity index (χ0n) is 9.84. The van der Waals surface area contributed by atoms with Crippen LogP contribution in [0.15, 0.2) is 0 Å². The molecule has 2 fully saturated rings. The van der Waals surface area contributed by atoms with E-state index in [0.717, 1.165) is 5.92 Å². The van der Waals surface area contributed by atoms with Gasteiger partial charge in [0.2, 0.25) is 0 Å². The lowest BCUT2D eigenvalue weighted by Gasteiger charge is -2.47. The predicted molar refractivity (Wildman–Crippen MR) is 60.5 cm³/mol. The highest BCUT2D eigenvalue weighted by Crippen LogP contribution is 2.36. The molecule has 0 bridgehead atoms. The molecule has 1 unspecified atom stereocenters. The lowest BCUT2D eigenvalue weighted by molar-refractivity contribution is 0.0576. The normalized spacial score (nSPS) is 33.0. The Labute approximate surface area is 88.1 Å². The molecule has 2 rings (SSSR count). The van der Waals surface area contributed by atoms with E-state index in [0.29, 0.717) is 11.6 Å². The Kier molecular flexibility index (Phi) is 2.85. The maximum Gasteiger partial charge on any atom is 0.0331 e. The van der Waals surface area contributed by atoms with Gasteiger partial charge >= 0.3 is 0 Å². The molecule has 1 heterocycles. The van der Waals surface area contributed by atoms with E-state index in [1.807, 2.05) is 0 Å². The summed E-state index contributed by atoms with van der Waals surface area (Å²) in [5.74, 6) is 0.760. The summed E-state index contributed by atoms with van der Waals surface area (Å²) in [5, 5.41) is 3.74. The molecule has 1 saturated carbocycles. The Hall–Kier alpha value is -0.0800. The molecule has 1 saturated heterocycles. The van der Waals surface area contributed by atoms with Crippen molar-refractivity contribution in [2.75, 3.05) is 20.1 Å². The van der Waals surface area contributed by atoms with Crippen molar-refractivity contribution in [1.29, 1.82) is 0 Å². The topological polar surface area (TPSA) is 15.3 Å². The van der Waals surface area contributed by atoms with Crippen LogP contribution in [0.1, 0.15) is 39.5 Å². The molecule has 0 amide bonds. The highest BCUT2D eigenvalue weighted by molar-refractivity contribution is 5.00. The van der Waals surface area contributed by atoms with Gasteiger partial charge in [0.1, 0.15) is 0 Å². The van der Waals surface area contributed by atoms with Crippen LogP contribution < -0.4 is 5.32 Å². The molecule has 1 atom stereocenters. The average Bonchev–Trinajstić information content (AvgIpc) is 2.59. The van der Waals surface area contributed by atoms with Gasteiger partial charge < -0.3 is 5.32 Å². The molecule has 1 aliphatic heterocycles. The first-order valence-electron chi connectivity index (χ1n) is 6.09. The van der Waals surface area contributed by atoms with Crippen molar-refractivity contribution in [1.82, 2.24) is 10.2 Å². The summed E-state index contributed by atoms with van der Waals surface area (Å²) in [4.78, 5) is 2.63. The Bertz CT molecular complexity index is 194. The van der Waals surface area contributed by atoms with Gasteiger partial charge in [-0.1, -0.05) is 26.7 Å². The highest BCUT2D eigenvalue weighted by Gasteiger charge is 2.41. The largest absolute Gasteiger partial charge is 0.311 e. The van der Waals surface area contributed by atoms with Crippen molar-refractivity contribution in [3.8, 4) is 0 Å². The number of rotatable bonds is 1. The van der Waals surface area contributed by atoms with E-state index in [-0.39, 0.29) is 0 Å². The van der Waals surface area contributed by atoms with E-state index in [1.54, 1.807) is 0 Å². The Morgan fingerprint density at radius 2 is 1.93 bits per heavy atom. The fourth-order valence-corrected chi connectivity index (χ4v) is 3.05. The van der Waals surface area contributed by atoms with Crippen LogP contribution in [0.2, 0.25) is 0 Å². The fraction of sp³-hybridized carbons (Fsp3) is 1.00. The molecule has 82 valence electrons. The number of nitrogens with zero attached hydrogens (tertiary/aromatic N) is 1. The molecule has 2 aliphatic rings. The second-order valence-electron chi connectivity index (χ2n) is 5.54. The van der Waals surface area contributed by atoms with Gasteiger partial charge in [-0.3, -0.25) is 4.90 Å². The van der Waals surface area contributed by atoms with Crippen molar-refractivity contribution in [2.45, 2.75) is 51.1 Å². The van der Waals surface area contributed by atoms with Crippen LogP contribution >= 0.6 is 0 Å². The van der Waals surface area contributed by atoms with Gasteiger partial charge in [0.05, 0.1) is 0 Å². The summed E-state index contributed by atoms with van der Waals surface area (Å²) in [6.45, 7) is 7.08. The summed E-state index contributed by atoms with van der Waals surface area (Å²) in [5.41, 5.74) is 0.519. The second-order valence-corrected chi connectivity index (χ2v) is 5.54. The van der Waals surface area contributed by atoms with Gasteiger partial charge in [0.25, 0.3) is 0 Å². The smallest absolute Gasteiger partial charge is 0.0331 e. The number of hydrogen-bond donors (Lipinski definition) is 1. The summed E-state index contributed by atoms with van der Waals surface area (Å²) in [6.07, 6.45) is 5.67. The predicted octanol–water partition coefficient (Wildman–Crippen LogP) is 1.86. The molecular weight excluding hydrogens is 172 g/mol. The van der Waals surface area contributed by atoms with E-state index >= 15 is 0 Å². The van der Waals surface area contributed by atoms with Crippen molar-refractivity contribution in [2.24, 2.45) is 5.92 Å². The van der Waals surface area contributed by atoms with E-state index in [4.69, 9.17) is 0 Å². The summed E-state index contributed by atoms with van der Waals surface area (Å²) < 4.78 is 0. The number of nitrogens with one attached hydrogen (secondary N) is 1. The number of hydrogen-bond acceptors (Lipinski definition) is 2. The summed E-state index contributed by atoms with van der Waals surface area (Å²) in [6, 6.07) is 0.700. The maximum atomic E-state index is 3.74. The van der Waals surface area contributed by atoms with Gasteiger partial charge in [0, 0.05) is 24.7 Å². The van der Waals surface area contributed by atoms with Crippen molar-refractivity contribution in [3.63, 3.8) is 0 Å². The molecule has 1 spiro atoms. The van der Waals surface area contributed by atoms with Crippen LogP contribution in [0, 0.1) is 5.92 Å². The molecule has 0 aromatic rings.